The Morgan fingerprint density at radius 2 is 1.81 bits per heavy atom. The Labute approximate surface area is 99.3 Å². The number of carbonyl (C=O) groups is 1. The molecule has 88 valence electrons. The third-order valence-electron chi connectivity index (χ3n) is 2.02. The Kier molecular flexibility index (Phi) is 4.49. The molecule has 1 aromatic carbocycles. The number of hydrogen-bond acceptors (Lipinski definition) is 4. The van der Waals surface area contributed by atoms with E-state index in [1.165, 1.54) is 18.7 Å². The first-order chi connectivity index (χ1) is 7.62. The molecule has 0 heterocycles. The molecule has 1 N–H and O–H groups in total. The van der Waals surface area contributed by atoms with E-state index >= 15 is 0 Å². The number of carbonyl (C=O) groups excluding carboxylic acids is 1. The predicted molar refractivity (Wildman–Crippen MR) is 65.6 cm³/mol. The summed E-state index contributed by atoms with van der Waals surface area (Å²) in [6, 6.07) is 3.60. The molecule has 1 aromatic rings. The van der Waals surface area contributed by atoms with Crippen molar-refractivity contribution in [3.05, 3.63) is 12.1 Å². The smallest absolute Gasteiger partial charge is 0.221 e. The normalized spacial score (nSPS) is 9.75. The van der Waals surface area contributed by atoms with Crippen molar-refractivity contribution >= 4 is 23.4 Å². The van der Waals surface area contributed by atoms with E-state index < -0.39 is 0 Å². The van der Waals surface area contributed by atoms with Crippen molar-refractivity contribution in [2.75, 3.05) is 25.8 Å². The molecule has 0 aliphatic rings. The van der Waals surface area contributed by atoms with Gasteiger partial charge in [-0.3, -0.25) is 4.79 Å². The van der Waals surface area contributed by atoms with Gasteiger partial charge < -0.3 is 14.8 Å². The van der Waals surface area contributed by atoms with E-state index in [9.17, 15) is 4.79 Å². The van der Waals surface area contributed by atoms with E-state index in [1.807, 2.05) is 12.3 Å². The van der Waals surface area contributed by atoms with Crippen molar-refractivity contribution in [1.29, 1.82) is 0 Å². The molecule has 1 rings (SSSR count). The molecule has 0 bridgehead atoms. The average Bonchev–Trinajstić information content (AvgIpc) is 2.27. The number of amides is 1. The fourth-order valence-corrected chi connectivity index (χ4v) is 1.87. The van der Waals surface area contributed by atoms with Gasteiger partial charge in [-0.1, -0.05) is 0 Å². The Hall–Kier alpha value is -1.36. The molecule has 0 aromatic heterocycles. The lowest BCUT2D eigenvalue weighted by Gasteiger charge is -2.13. The minimum atomic E-state index is -0.109. The number of anilines is 1. The molecule has 0 aliphatic heterocycles. The molecule has 0 unspecified atom stereocenters. The summed E-state index contributed by atoms with van der Waals surface area (Å²) in [5, 5.41) is 2.76. The molecular weight excluding hydrogens is 226 g/mol. The first kappa shape index (κ1) is 12.7. The monoisotopic (exact) mass is 241 g/mol. The Morgan fingerprint density at radius 3 is 2.25 bits per heavy atom. The Balaban J connectivity index is 3.20. The van der Waals surface area contributed by atoms with Crippen molar-refractivity contribution in [2.24, 2.45) is 0 Å². The lowest BCUT2D eigenvalue weighted by molar-refractivity contribution is -0.114. The molecule has 4 nitrogen and oxygen atoms in total. The number of benzene rings is 1. The maximum Gasteiger partial charge on any atom is 0.221 e. The number of nitrogens with one attached hydrogen (secondary N) is 1. The minimum absolute atomic E-state index is 0.109. The highest BCUT2D eigenvalue weighted by molar-refractivity contribution is 7.98. The zero-order valence-corrected chi connectivity index (χ0v) is 10.6. The van der Waals surface area contributed by atoms with Gasteiger partial charge >= 0.3 is 0 Å². The molecule has 16 heavy (non-hydrogen) atoms. The predicted octanol–water partition coefficient (Wildman–Crippen LogP) is 2.38. The van der Waals surface area contributed by atoms with Gasteiger partial charge in [-0.2, -0.15) is 0 Å². The van der Waals surface area contributed by atoms with E-state index in [0.29, 0.717) is 11.5 Å². The number of hydrogen-bond donors (Lipinski definition) is 1. The summed E-state index contributed by atoms with van der Waals surface area (Å²) in [4.78, 5) is 12.0. The van der Waals surface area contributed by atoms with Crippen LogP contribution in [0.5, 0.6) is 11.5 Å². The van der Waals surface area contributed by atoms with Gasteiger partial charge in [-0.25, -0.2) is 0 Å². The SMILES string of the molecule is COc1cc(NC(C)=O)c(SC)cc1OC. The van der Waals surface area contributed by atoms with Crippen LogP contribution >= 0.6 is 11.8 Å². The summed E-state index contributed by atoms with van der Waals surface area (Å²) in [5.74, 6) is 1.15. The number of ether oxygens (including phenoxy) is 2. The Bertz CT molecular complexity index is 393. The highest BCUT2D eigenvalue weighted by atomic mass is 32.2. The lowest BCUT2D eigenvalue weighted by atomic mass is 10.2. The van der Waals surface area contributed by atoms with Crippen LogP contribution in [0.4, 0.5) is 5.69 Å². The maximum atomic E-state index is 11.0. The van der Waals surface area contributed by atoms with Crippen LogP contribution in [0.2, 0.25) is 0 Å². The van der Waals surface area contributed by atoms with Crippen molar-refractivity contribution in [1.82, 2.24) is 0 Å². The first-order valence-electron chi connectivity index (χ1n) is 4.70. The van der Waals surface area contributed by atoms with Crippen LogP contribution in [0.15, 0.2) is 17.0 Å². The second-order valence-corrected chi connectivity index (χ2v) is 3.94. The topological polar surface area (TPSA) is 47.6 Å². The number of thioether (sulfide) groups is 1. The van der Waals surface area contributed by atoms with Crippen LogP contribution in [-0.2, 0) is 4.79 Å². The van der Waals surface area contributed by atoms with Crippen LogP contribution in [0.3, 0.4) is 0 Å². The lowest BCUT2D eigenvalue weighted by Crippen LogP contribution is -2.07. The molecule has 5 heteroatoms. The molecule has 0 atom stereocenters. The quantitative estimate of drug-likeness (QED) is 0.822. The number of methoxy groups -OCH3 is 2. The minimum Gasteiger partial charge on any atom is -0.493 e. The van der Waals surface area contributed by atoms with Gasteiger partial charge in [0.25, 0.3) is 0 Å². The molecule has 0 saturated carbocycles. The fraction of sp³-hybridized carbons (Fsp3) is 0.364. The van der Waals surface area contributed by atoms with Crippen molar-refractivity contribution in [3.8, 4) is 11.5 Å². The van der Waals surface area contributed by atoms with Crippen LogP contribution in [-0.4, -0.2) is 26.4 Å². The second-order valence-electron chi connectivity index (χ2n) is 3.09. The van der Waals surface area contributed by atoms with E-state index in [2.05, 4.69) is 5.32 Å². The van der Waals surface area contributed by atoms with E-state index in [0.717, 1.165) is 10.6 Å². The van der Waals surface area contributed by atoms with Gasteiger partial charge in [-0.05, 0) is 12.3 Å². The third-order valence-corrected chi connectivity index (χ3v) is 2.79. The fourth-order valence-electron chi connectivity index (χ4n) is 1.32. The largest absolute Gasteiger partial charge is 0.493 e. The van der Waals surface area contributed by atoms with Crippen LogP contribution < -0.4 is 14.8 Å². The van der Waals surface area contributed by atoms with Crippen molar-refractivity contribution < 1.29 is 14.3 Å². The summed E-state index contributed by atoms with van der Waals surface area (Å²) < 4.78 is 10.4. The standard InChI is InChI=1S/C11H15NO3S/c1-7(13)12-8-5-9(14-2)10(15-3)6-11(8)16-4/h5-6H,1-4H3,(H,12,13). The summed E-state index contributed by atoms with van der Waals surface area (Å²) in [7, 11) is 3.15. The molecule has 0 spiro atoms. The van der Waals surface area contributed by atoms with E-state index in [4.69, 9.17) is 9.47 Å². The maximum absolute atomic E-state index is 11.0. The first-order valence-corrected chi connectivity index (χ1v) is 5.92. The number of rotatable bonds is 4. The molecular formula is C11H15NO3S. The zero-order chi connectivity index (χ0) is 12.1. The third kappa shape index (κ3) is 2.82. The highest BCUT2D eigenvalue weighted by Gasteiger charge is 2.11. The van der Waals surface area contributed by atoms with Crippen molar-refractivity contribution in [2.45, 2.75) is 11.8 Å². The van der Waals surface area contributed by atoms with E-state index in [1.54, 1.807) is 20.3 Å². The summed E-state index contributed by atoms with van der Waals surface area (Å²) in [6.45, 7) is 1.47. The molecule has 0 fully saturated rings. The van der Waals surface area contributed by atoms with Gasteiger partial charge in [0.05, 0.1) is 19.9 Å². The van der Waals surface area contributed by atoms with Gasteiger partial charge in [-0.15, -0.1) is 11.8 Å². The second kappa shape index (κ2) is 5.65. The van der Waals surface area contributed by atoms with Crippen LogP contribution in [0, 0.1) is 0 Å². The summed E-state index contributed by atoms with van der Waals surface area (Å²) in [5.41, 5.74) is 0.734. The molecule has 0 saturated heterocycles. The molecule has 0 radical (unpaired) electrons. The average molecular weight is 241 g/mol. The molecule has 1 amide bonds. The summed E-state index contributed by atoms with van der Waals surface area (Å²) >= 11 is 1.54. The van der Waals surface area contributed by atoms with E-state index in [-0.39, 0.29) is 5.91 Å². The van der Waals surface area contributed by atoms with Gasteiger partial charge in [0.15, 0.2) is 11.5 Å². The van der Waals surface area contributed by atoms with Crippen molar-refractivity contribution in [3.63, 3.8) is 0 Å². The zero-order valence-electron chi connectivity index (χ0n) is 9.79. The molecule has 0 aliphatic carbocycles. The van der Waals surface area contributed by atoms with Gasteiger partial charge in [0, 0.05) is 17.9 Å². The summed E-state index contributed by atoms with van der Waals surface area (Å²) in [6.07, 6.45) is 1.94. The van der Waals surface area contributed by atoms with Crippen LogP contribution in [0.25, 0.3) is 0 Å². The van der Waals surface area contributed by atoms with Gasteiger partial charge in [0.2, 0.25) is 5.91 Å². The Morgan fingerprint density at radius 1 is 1.25 bits per heavy atom. The van der Waals surface area contributed by atoms with Gasteiger partial charge in [0.1, 0.15) is 0 Å². The van der Waals surface area contributed by atoms with Crippen LogP contribution in [0.1, 0.15) is 6.92 Å². The highest BCUT2D eigenvalue weighted by Crippen LogP contribution is 2.37.